The molecule has 7 heteroatoms. The third kappa shape index (κ3) is 5.53. The molecule has 2 amide bonds. The number of amides is 2. The van der Waals surface area contributed by atoms with E-state index >= 15 is 0 Å². The van der Waals surface area contributed by atoms with Crippen molar-refractivity contribution in [1.29, 1.82) is 0 Å². The highest BCUT2D eigenvalue weighted by Crippen LogP contribution is 2.12. The second-order valence-corrected chi connectivity index (χ2v) is 3.84. The summed E-state index contributed by atoms with van der Waals surface area (Å²) >= 11 is 0. The largest absolute Gasteiger partial charge is 0.465 e. The Bertz CT molecular complexity index is 384. The Hall–Kier alpha value is -2.54. The van der Waals surface area contributed by atoms with Gasteiger partial charge in [0, 0.05) is 13.1 Å². The van der Waals surface area contributed by atoms with Crippen molar-refractivity contribution in [3.63, 3.8) is 0 Å². The van der Waals surface area contributed by atoms with E-state index in [4.69, 9.17) is 14.9 Å². The van der Waals surface area contributed by atoms with E-state index in [0.717, 1.165) is 9.80 Å². The van der Waals surface area contributed by atoms with Crippen LogP contribution in [0.5, 0.6) is 0 Å². The van der Waals surface area contributed by atoms with E-state index in [1.54, 1.807) is 0 Å². The molecule has 0 saturated heterocycles. The van der Waals surface area contributed by atoms with Gasteiger partial charge in [0.05, 0.1) is 0 Å². The first-order chi connectivity index (χ1) is 9.92. The number of hydrogen-bond acceptors (Lipinski definition) is 3. The molecular weight excluding hydrogens is 276 g/mol. The van der Waals surface area contributed by atoms with Crippen molar-refractivity contribution in [3.8, 4) is 0 Å². The maximum atomic E-state index is 11.2. The highest BCUT2D eigenvalue weighted by molar-refractivity contribution is 5.66. The van der Waals surface area contributed by atoms with Crippen molar-refractivity contribution < 1.29 is 24.5 Å². The van der Waals surface area contributed by atoms with Gasteiger partial charge in [0.15, 0.2) is 12.5 Å². The van der Waals surface area contributed by atoms with Crippen molar-refractivity contribution in [2.24, 2.45) is 0 Å². The Kier molecular flexibility index (Phi) is 8.24. The van der Waals surface area contributed by atoms with Crippen LogP contribution < -0.4 is 0 Å². The van der Waals surface area contributed by atoms with Gasteiger partial charge in [0.2, 0.25) is 0 Å². The topological polar surface area (TPSA) is 90.3 Å². The summed E-state index contributed by atoms with van der Waals surface area (Å²) in [6.07, 6.45) is 0.696. The average molecular weight is 296 g/mol. The van der Waals surface area contributed by atoms with Crippen molar-refractivity contribution in [1.82, 2.24) is 9.80 Å². The summed E-state index contributed by atoms with van der Waals surface area (Å²) in [4.78, 5) is 24.2. The van der Waals surface area contributed by atoms with Crippen LogP contribution in [0.2, 0.25) is 0 Å². The van der Waals surface area contributed by atoms with Crippen molar-refractivity contribution in [3.05, 3.63) is 50.6 Å². The van der Waals surface area contributed by atoms with Crippen LogP contribution in [0, 0.1) is 0 Å². The maximum Gasteiger partial charge on any atom is 0.409 e. The fourth-order valence-electron chi connectivity index (χ4n) is 1.52. The van der Waals surface area contributed by atoms with Gasteiger partial charge >= 0.3 is 12.2 Å². The molecular formula is C14H20N2O5. The molecule has 0 aliphatic heterocycles. The monoisotopic (exact) mass is 296 g/mol. The molecule has 21 heavy (non-hydrogen) atoms. The van der Waals surface area contributed by atoms with Crippen LogP contribution in [0.1, 0.15) is 0 Å². The third-order valence-electron chi connectivity index (χ3n) is 2.44. The summed E-state index contributed by atoms with van der Waals surface area (Å²) in [5.41, 5.74) is 0. The Labute approximate surface area is 123 Å². The number of nitrogens with zero attached hydrogens (tertiary/aromatic N) is 2. The molecule has 2 unspecified atom stereocenters. The zero-order valence-corrected chi connectivity index (χ0v) is 11.7. The summed E-state index contributed by atoms with van der Waals surface area (Å²) in [7, 11) is 0. The number of carbonyl (C=O) groups is 2. The Morgan fingerprint density at radius 3 is 1.43 bits per heavy atom. The molecule has 0 aliphatic carbocycles. The van der Waals surface area contributed by atoms with Crippen LogP contribution in [0.3, 0.4) is 0 Å². The standard InChI is InChI=1S/C14H20N2O5/c1-5-9-15(13(17)18)11(7-3)21-12(8-4)16(10-6-2)14(19)20/h5-8,11-12H,1-4,9-10H2,(H,17,18)(H,19,20). The lowest BCUT2D eigenvalue weighted by Crippen LogP contribution is -2.47. The van der Waals surface area contributed by atoms with Gasteiger partial charge in [-0.15, -0.1) is 13.2 Å². The molecule has 0 heterocycles. The minimum absolute atomic E-state index is 0.00438. The lowest BCUT2D eigenvalue weighted by molar-refractivity contribution is -0.0893. The predicted octanol–water partition coefficient (Wildman–Crippen LogP) is 2.36. The lowest BCUT2D eigenvalue weighted by atomic mass is 10.4. The van der Waals surface area contributed by atoms with Crippen LogP contribution in [0.25, 0.3) is 0 Å². The summed E-state index contributed by atoms with van der Waals surface area (Å²) < 4.78 is 5.46. The minimum atomic E-state index is -1.24. The third-order valence-corrected chi connectivity index (χ3v) is 2.44. The van der Waals surface area contributed by atoms with Gasteiger partial charge in [0.25, 0.3) is 0 Å². The molecule has 2 N–H and O–H groups in total. The predicted molar refractivity (Wildman–Crippen MR) is 78.9 cm³/mol. The van der Waals surface area contributed by atoms with E-state index in [1.165, 1.54) is 24.3 Å². The van der Waals surface area contributed by atoms with Crippen LogP contribution in [0.15, 0.2) is 50.6 Å². The van der Waals surface area contributed by atoms with Crippen LogP contribution >= 0.6 is 0 Å². The fourth-order valence-corrected chi connectivity index (χ4v) is 1.52. The Morgan fingerprint density at radius 1 is 0.905 bits per heavy atom. The highest BCUT2D eigenvalue weighted by atomic mass is 16.5. The van der Waals surface area contributed by atoms with E-state index in [9.17, 15) is 9.59 Å². The molecule has 0 spiro atoms. The molecule has 0 aliphatic rings. The molecule has 116 valence electrons. The number of carboxylic acid groups (broad SMARTS) is 2. The van der Waals surface area contributed by atoms with Crippen molar-refractivity contribution in [2.75, 3.05) is 13.1 Å². The number of rotatable bonds is 10. The first-order valence-corrected chi connectivity index (χ1v) is 6.04. The molecule has 0 bridgehead atoms. The summed E-state index contributed by atoms with van der Waals surface area (Å²) in [6, 6.07) is 0. The van der Waals surface area contributed by atoms with Gasteiger partial charge < -0.3 is 14.9 Å². The molecule has 0 fully saturated rings. The van der Waals surface area contributed by atoms with E-state index in [0.29, 0.717) is 0 Å². The van der Waals surface area contributed by atoms with Crippen LogP contribution in [0.4, 0.5) is 9.59 Å². The van der Waals surface area contributed by atoms with Gasteiger partial charge in [-0.25, -0.2) is 9.59 Å². The molecule has 0 aromatic heterocycles. The minimum Gasteiger partial charge on any atom is -0.465 e. The van der Waals surface area contributed by atoms with Gasteiger partial charge in [-0.05, 0) is 12.2 Å². The summed E-state index contributed by atoms with van der Waals surface area (Å²) in [6.45, 7) is 13.9. The second-order valence-electron chi connectivity index (χ2n) is 3.84. The smallest absolute Gasteiger partial charge is 0.409 e. The molecule has 0 aromatic carbocycles. The van der Waals surface area contributed by atoms with Gasteiger partial charge in [-0.1, -0.05) is 25.3 Å². The average Bonchev–Trinajstić information content (AvgIpc) is 2.44. The Morgan fingerprint density at radius 2 is 1.24 bits per heavy atom. The maximum absolute atomic E-state index is 11.2. The van der Waals surface area contributed by atoms with E-state index in [2.05, 4.69) is 26.3 Å². The molecule has 0 saturated carbocycles. The molecule has 0 radical (unpaired) electrons. The van der Waals surface area contributed by atoms with E-state index in [-0.39, 0.29) is 13.1 Å². The zero-order valence-electron chi connectivity index (χ0n) is 11.7. The quantitative estimate of drug-likeness (QED) is 0.477. The number of hydrogen-bond donors (Lipinski definition) is 2. The van der Waals surface area contributed by atoms with Crippen molar-refractivity contribution >= 4 is 12.2 Å². The molecule has 2 atom stereocenters. The van der Waals surface area contributed by atoms with Gasteiger partial charge in [-0.3, -0.25) is 9.80 Å². The van der Waals surface area contributed by atoms with Gasteiger partial charge in [0.1, 0.15) is 0 Å². The molecule has 0 rings (SSSR count). The Balaban J connectivity index is 5.19. The SMILES string of the molecule is C=CCN(C(=O)O)C(C=C)OC(C=C)N(CC=C)C(=O)O. The number of ether oxygens (including phenoxy) is 1. The normalized spacial score (nSPS) is 12.6. The summed E-state index contributed by atoms with van der Waals surface area (Å²) in [5.74, 6) is 0. The zero-order chi connectivity index (χ0) is 16.4. The molecule has 7 nitrogen and oxygen atoms in total. The first kappa shape index (κ1) is 18.5. The van der Waals surface area contributed by atoms with Crippen LogP contribution in [-0.2, 0) is 4.74 Å². The second kappa shape index (κ2) is 9.38. The fraction of sp³-hybridized carbons (Fsp3) is 0.286. The lowest BCUT2D eigenvalue weighted by Gasteiger charge is -2.32. The van der Waals surface area contributed by atoms with Gasteiger partial charge in [-0.2, -0.15) is 0 Å². The first-order valence-electron chi connectivity index (χ1n) is 6.04. The highest BCUT2D eigenvalue weighted by Gasteiger charge is 2.27. The molecule has 0 aromatic rings. The van der Waals surface area contributed by atoms with E-state index in [1.807, 2.05) is 0 Å². The summed E-state index contributed by atoms with van der Waals surface area (Å²) in [5, 5.41) is 18.2. The van der Waals surface area contributed by atoms with Crippen LogP contribution in [-0.4, -0.2) is 57.7 Å². The van der Waals surface area contributed by atoms with E-state index < -0.39 is 24.6 Å². The van der Waals surface area contributed by atoms with Crippen molar-refractivity contribution in [2.45, 2.75) is 12.5 Å².